The van der Waals surface area contributed by atoms with Crippen molar-refractivity contribution in [2.75, 3.05) is 6.54 Å². The molecule has 2 unspecified atom stereocenters. The summed E-state index contributed by atoms with van der Waals surface area (Å²) in [4.78, 5) is 2.59. The van der Waals surface area contributed by atoms with Crippen LogP contribution in [-0.2, 0) is 0 Å². The normalized spacial score (nSPS) is 29.7. The number of benzene rings is 1. The zero-order chi connectivity index (χ0) is 14.8. The van der Waals surface area contributed by atoms with E-state index in [2.05, 4.69) is 11.8 Å². The molecule has 116 valence electrons. The minimum Gasteiger partial charge on any atom is -0.326 e. The van der Waals surface area contributed by atoms with E-state index in [1.807, 2.05) is 12.1 Å². The molecule has 1 heterocycles. The van der Waals surface area contributed by atoms with Gasteiger partial charge in [-0.15, -0.1) is 0 Å². The molecule has 3 rings (SSSR count). The topological polar surface area (TPSA) is 29.3 Å². The summed E-state index contributed by atoms with van der Waals surface area (Å²) in [6.07, 6.45) is 7.94. The first-order valence-corrected chi connectivity index (χ1v) is 8.43. The average molecular weight is 290 g/mol. The molecule has 1 saturated carbocycles. The van der Waals surface area contributed by atoms with E-state index in [1.165, 1.54) is 44.6 Å². The second-order valence-electron chi connectivity index (χ2n) is 6.85. The zero-order valence-corrected chi connectivity index (χ0v) is 13.0. The number of fused-ring (bicyclic) bond motifs is 1. The number of hydrogen-bond acceptors (Lipinski definition) is 2. The van der Waals surface area contributed by atoms with E-state index < -0.39 is 0 Å². The van der Waals surface area contributed by atoms with Crippen molar-refractivity contribution in [1.82, 2.24) is 4.90 Å². The SMILES string of the molecule is CC(N)C(c1cccc(F)c1)N1CCC[C@H]2CCCC[C@H]21. The summed E-state index contributed by atoms with van der Waals surface area (Å²) < 4.78 is 13.6. The van der Waals surface area contributed by atoms with Gasteiger partial charge in [0, 0.05) is 12.1 Å². The maximum absolute atomic E-state index is 13.6. The monoisotopic (exact) mass is 290 g/mol. The smallest absolute Gasteiger partial charge is 0.123 e. The van der Waals surface area contributed by atoms with Crippen LogP contribution in [0.15, 0.2) is 24.3 Å². The predicted molar refractivity (Wildman–Crippen MR) is 84.5 cm³/mol. The van der Waals surface area contributed by atoms with Crippen LogP contribution in [0.1, 0.15) is 57.1 Å². The van der Waals surface area contributed by atoms with E-state index in [1.54, 1.807) is 6.07 Å². The fraction of sp³-hybridized carbons (Fsp3) is 0.667. The minimum atomic E-state index is -0.157. The molecular weight excluding hydrogens is 263 g/mol. The Morgan fingerprint density at radius 1 is 1.19 bits per heavy atom. The van der Waals surface area contributed by atoms with Crippen molar-refractivity contribution in [2.45, 2.75) is 63.6 Å². The number of nitrogens with zero attached hydrogens (tertiary/aromatic N) is 1. The number of likely N-dealkylation sites (tertiary alicyclic amines) is 1. The summed E-state index contributed by atoms with van der Waals surface area (Å²) in [6.45, 7) is 3.16. The van der Waals surface area contributed by atoms with E-state index in [0.29, 0.717) is 6.04 Å². The molecule has 0 radical (unpaired) electrons. The van der Waals surface area contributed by atoms with Crippen molar-refractivity contribution >= 4 is 0 Å². The van der Waals surface area contributed by atoms with Gasteiger partial charge < -0.3 is 5.73 Å². The Balaban J connectivity index is 1.89. The Labute approximate surface area is 127 Å². The number of piperidine rings is 1. The summed E-state index contributed by atoms with van der Waals surface area (Å²) in [7, 11) is 0. The first-order chi connectivity index (χ1) is 10.2. The third-order valence-corrected chi connectivity index (χ3v) is 5.33. The third-order valence-electron chi connectivity index (χ3n) is 5.33. The lowest BCUT2D eigenvalue weighted by molar-refractivity contribution is 0.0178. The van der Waals surface area contributed by atoms with E-state index in [4.69, 9.17) is 5.73 Å². The molecule has 4 atom stereocenters. The first-order valence-electron chi connectivity index (χ1n) is 8.43. The number of nitrogens with two attached hydrogens (primary N) is 1. The van der Waals surface area contributed by atoms with Gasteiger partial charge in [-0.2, -0.15) is 0 Å². The van der Waals surface area contributed by atoms with Gasteiger partial charge in [0.2, 0.25) is 0 Å². The van der Waals surface area contributed by atoms with Crippen LogP contribution >= 0.6 is 0 Å². The van der Waals surface area contributed by atoms with Gasteiger partial charge in [0.05, 0.1) is 6.04 Å². The van der Waals surface area contributed by atoms with Gasteiger partial charge in [-0.1, -0.05) is 25.0 Å². The van der Waals surface area contributed by atoms with Gasteiger partial charge in [-0.25, -0.2) is 4.39 Å². The van der Waals surface area contributed by atoms with Gasteiger partial charge in [0.1, 0.15) is 5.82 Å². The highest BCUT2D eigenvalue weighted by Gasteiger charge is 2.38. The summed E-state index contributed by atoms with van der Waals surface area (Å²) in [6, 6.07) is 7.83. The molecule has 1 aromatic rings. The van der Waals surface area contributed by atoms with Crippen LogP contribution < -0.4 is 5.73 Å². The van der Waals surface area contributed by atoms with Crippen molar-refractivity contribution in [1.29, 1.82) is 0 Å². The average Bonchev–Trinajstić information content (AvgIpc) is 2.47. The molecule has 2 N–H and O–H groups in total. The molecule has 1 aromatic carbocycles. The number of hydrogen-bond donors (Lipinski definition) is 1. The molecule has 0 aromatic heterocycles. The van der Waals surface area contributed by atoms with Crippen molar-refractivity contribution < 1.29 is 4.39 Å². The summed E-state index contributed by atoms with van der Waals surface area (Å²) >= 11 is 0. The van der Waals surface area contributed by atoms with Crippen molar-refractivity contribution in [3.05, 3.63) is 35.6 Å². The molecule has 2 nitrogen and oxygen atoms in total. The molecule has 2 aliphatic rings. The fourth-order valence-corrected chi connectivity index (χ4v) is 4.50. The van der Waals surface area contributed by atoms with Gasteiger partial charge >= 0.3 is 0 Å². The minimum absolute atomic E-state index is 0.0208. The van der Waals surface area contributed by atoms with Crippen LogP contribution in [-0.4, -0.2) is 23.5 Å². The second kappa shape index (κ2) is 6.45. The Bertz CT molecular complexity index is 472. The van der Waals surface area contributed by atoms with Gasteiger partial charge in [0.25, 0.3) is 0 Å². The lowest BCUT2D eigenvalue weighted by Gasteiger charge is -2.49. The highest BCUT2D eigenvalue weighted by atomic mass is 19.1. The van der Waals surface area contributed by atoms with E-state index >= 15 is 0 Å². The van der Waals surface area contributed by atoms with Crippen LogP contribution in [0.2, 0.25) is 0 Å². The molecule has 1 aliphatic carbocycles. The third kappa shape index (κ3) is 3.14. The Kier molecular flexibility index (Phi) is 4.60. The fourth-order valence-electron chi connectivity index (χ4n) is 4.50. The zero-order valence-electron chi connectivity index (χ0n) is 13.0. The van der Waals surface area contributed by atoms with Crippen LogP contribution in [0, 0.1) is 11.7 Å². The summed E-state index contributed by atoms with van der Waals surface area (Å²) in [5.41, 5.74) is 7.35. The van der Waals surface area contributed by atoms with Gasteiger partial charge in [-0.3, -0.25) is 4.90 Å². The van der Waals surface area contributed by atoms with Crippen molar-refractivity contribution in [3.63, 3.8) is 0 Å². The Morgan fingerprint density at radius 3 is 2.71 bits per heavy atom. The molecule has 0 spiro atoms. The standard InChI is InChI=1S/C18H27FN2/c1-13(20)18(15-7-4-9-16(19)12-15)21-11-5-8-14-6-2-3-10-17(14)21/h4,7,9,12-14,17-18H,2-3,5-6,8,10-11,20H2,1H3/t13?,14-,17-,18?/m1/s1. The molecule has 3 heteroatoms. The highest BCUT2D eigenvalue weighted by molar-refractivity contribution is 5.22. The van der Waals surface area contributed by atoms with Crippen LogP contribution in [0.25, 0.3) is 0 Å². The largest absolute Gasteiger partial charge is 0.326 e. The molecule has 0 amide bonds. The van der Waals surface area contributed by atoms with E-state index in [9.17, 15) is 4.39 Å². The Morgan fingerprint density at radius 2 is 1.95 bits per heavy atom. The lowest BCUT2D eigenvalue weighted by Crippen LogP contribution is -2.52. The van der Waals surface area contributed by atoms with E-state index in [0.717, 1.165) is 18.0 Å². The van der Waals surface area contributed by atoms with Crippen LogP contribution in [0.5, 0.6) is 0 Å². The number of rotatable bonds is 3. The predicted octanol–water partition coefficient (Wildman–Crippen LogP) is 3.87. The summed E-state index contributed by atoms with van der Waals surface area (Å²) in [5.74, 6) is 0.665. The summed E-state index contributed by atoms with van der Waals surface area (Å²) in [5, 5.41) is 0. The maximum atomic E-state index is 13.6. The molecule has 2 fully saturated rings. The molecule has 21 heavy (non-hydrogen) atoms. The molecule has 1 saturated heterocycles. The van der Waals surface area contributed by atoms with Gasteiger partial charge in [-0.05, 0) is 62.8 Å². The Hall–Kier alpha value is -0.930. The van der Waals surface area contributed by atoms with Crippen molar-refractivity contribution in [2.24, 2.45) is 11.7 Å². The van der Waals surface area contributed by atoms with E-state index in [-0.39, 0.29) is 17.9 Å². The molecular formula is C18H27FN2. The number of halogens is 1. The molecule has 0 bridgehead atoms. The van der Waals surface area contributed by atoms with Gasteiger partial charge in [0.15, 0.2) is 0 Å². The second-order valence-corrected chi connectivity index (χ2v) is 6.85. The highest BCUT2D eigenvalue weighted by Crippen LogP contribution is 2.40. The van der Waals surface area contributed by atoms with Crippen LogP contribution in [0.4, 0.5) is 4.39 Å². The lowest BCUT2D eigenvalue weighted by atomic mass is 9.77. The van der Waals surface area contributed by atoms with Crippen LogP contribution in [0.3, 0.4) is 0 Å². The molecule has 1 aliphatic heterocycles. The quantitative estimate of drug-likeness (QED) is 0.915. The maximum Gasteiger partial charge on any atom is 0.123 e. The first kappa shape index (κ1) is 15.0. The van der Waals surface area contributed by atoms with Crippen molar-refractivity contribution in [3.8, 4) is 0 Å².